The third-order valence-electron chi connectivity index (χ3n) is 3.62. The maximum absolute atomic E-state index is 5.46. The number of nitrogens with one attached hydrogen (secondary N) is 1. The van der Waals surface area contributed by atoms with E-state index in [1.54, 1.807) is 0 Å². The van der Waals surface area contributed by atoms with Crippen molar-refractivity contribution < 1.29 is 4.74 Å². The second-order valence-corrected chi connectivity index (χ2v) is 5.63. The van der Waals surface area contributed by atoms with Gasteiger partial charge in [0.25, 0.3) is 0 Å². The predicted octanol–water partition coefficient (Wildman–Crippen LogP) is 4.90. The molecule has 0 bridgehead atoms. The minimum atomic E-state index is 0.664. The van der Waals surface area contributed by atoms with Crippen LogP contribution in [0.25, 0.3) is 11.3 Å². The number of anilines is 2. The van der Waals surface area contributed by atoms with Crippen molar-refractivity contribution in [1.29, 1.82) is 0 Å². The normalized spacial score (nSPS) is 10.5. The van der Waals surface area contributed by atoms with Crippen molar-refractivity contribution in [3.8, 4) is 17.0 Å². The Bertz CT molecular complexity index is 811. The van der Waals surface area contributed by atoms with Gasteiger partial charge in [-0.3, -0.25) is 0 Å². The summed E-state index contributed by atoms with van der Waals surface area (Å²) >= 11 is 0. The van der Waals surface area contributed by atoms with Gasteiger partial charge in [0.05, 0.1) is 12.3 Å². The summed E-state index contributed by atoms with van der Waals surface area (Å²) in [6.07, 6.45) is 0. The number of aromatic nitrogens is 2. The van der Waals surface area contributed by atoms with E-state index in [2.05, 4.69) is 46.5 Å². The average molecular weight is 319 g/mol. The van der Waals surface area contributed by atoms with Gasteiger partial charge in [-0.25, -0.2) is 9.97 Å². The molecule has 4 nitrogen and oxygen atoms in total. The molecule has 1 heterocycles. The lowest BCUT2D eigenvalue weighted by molar-refractivity contribution is 0.340. The monoisotopic (exact) mass is 319 g/mol. The van der Waals surface area contributed by atoms with E-state index >= 15 is 0 Å². The lowest BCUT2D eigenvalue weighted by Crippen LogP contribution is -1.99. The van der Waals surface area contributed by atoms with Crippen LogP contribution in [-0.2, 0) is 0 Å². The van der Waals surface area contributed by atoms with Crippen LogP contribution in [0.4, 0.5) is 11.5 Å². The summed E-state index contributed by atoms with van der Waals surface area (Å²) in [6.45, 7) is 6.62. The first-order valence-electron chi connectivity index (χ1n) is 8.06. The zero-order valence-corrected chi connectivity index (χ0v) is 14.2. The number of hydrogen-bond acceptors (Lipinski definition) is 4. The first-order valence-corrected chi connectivity index (χ1v) is 8.06. The van der Waals surface area contributed by atoms with E-state index in [1.165, 1.54) is 5.56 Å². The minimum absolute atomic E-state index is 0.664. The molecule has 0 amide bonds. The zero-order chi connectivity index (χ0) is 16.9. The van der Waals surface area contributed by atoms with Gasteiger partial charge in [-0.15, -0.1) is 0 Å². The number of rotatable bonds is 5. The molecule has 0 atom stereocenters. The maximum Gasteiger partial charge on any atom is 0.134 e. The highest BCUT2D eigenvalue weighted by Crippen LogP contribution is 2.23. The molecule has 0 aliphatic heterocycles. The van der Waals surface area contributed by atoms with Crippen molar-refractivity contribution >= 4 is 11.5 Å². The fourth-order valence-corrected chi connectivity index (χ4v) is 2.45. The van der Waals surface area contributed by atoms with Crippen LogP contribution in [0.1, 0.15) is 18.3 Å². The lowest BCUT2D eigenvalue weighted by Gasteiger charge is -2.10. The molecule has 3 rings (SSSR count). The second kappa shape index (κ2) is 7.13. The highest BCUT2D eigenvalue weighted by atomic mass is 16.5. The third kappa shape index (κ3) is 3.90. The predicted molar refractivity (Wildman–Crippen MR) is 97.8 cm³/mol. The molecule has 1 N–H and O–H groups in total. The van der Waals surface area contributed by atoms with Crippen LogP contribution in [0.15, 0.2) is 54.6 Å². The summed E-state index contributed by atoms with van der Waals surface area (Å²) in [7, 11) is 0. The Hall–Kier alpha value is -2.88. The van der Waals surface area contributed by atoms with Gasteiger partial charge in [0, 0.05) is 17.3 Å². The second-order valence-electron chi connectivity index (χ2n) is 5.63. The SMILES string of the molecule is CCOc1ccc(Nc2cc(-c3ccc(C)cc3)nc(C)n2)cc1. The van der Waals surface area contributed by atoms with E-state index < -0.39 is 0 Å². The third-order valence-corrected chi connectivity index (χ3v) is 3.62. The summed E-state index contributed by atoms with van der Waals surface area (Å²) in [4.78, 5) is 9.02. The van der Waals surface area contributed by atoms with Gasteiger partial charge in [-0.2, -0.15) is 0 Å². The fraction of sp³-hybridized carbons (Fsp3) is 0.200. The smallest absolute Gasteiger partial charge is 0.134 e. The molecule has 0 unspecified atom stereocenters. The molecule has 0 aliphatic rings. The van der Waals surface area contributed by atoms with Crippen molar-refractivity contribution in [1.82, 2.24) is 9.97 Å². The molecule has 0 spiro atoms. The molecule has 24 heavy (non-hydrogen) atoms. The number of benzene rings is 2. The quantitative estimate of drug-likeness (QED) is 0.726. The Labute approximate surface area is 142 Å². The first kappa shape index (κ1) is 16.0. The number of hydrogen-bond donors (Lipinski definition) is 1. The molecule has 1 aromatic heterocycles. The molecule has 0 aliphatic carbocycles. The van der Waals surface area contributed by atoms with Crippen molar-refractivity contribution in [2.24, 2.45) is 0 Å². The van der Waals surface area contributed by atoms with Gasteiger partial charge in [0.1, 0.15) is 17.4 Å². The van der Waals surface area contributed by atoms with Crippen LogP contribution in [0.3, 0.4) is 0 Å². The molecule has 2 aromatic carbocycles. The first-order chi connectivity index (χ1) is 11.6. The zero-order valence-electron chi connectivity index (χ0n) is 14.2. The highest BCUT2D eigenvalue weighted by molar-refractivity contribution is 5.66. The minimum Gasteiger partial charge on any atom is -0.494 e. The van der Waals surface area contributed by atoms with Crippen molar-refractivity contribution in [2.45, 2.75) is 20.8 Å². The van der Waals surface area contributed by atoms with E-state index in [1.807, 2.05) is 44.2 Å². The van der Waals surface area contributed by atoms with E-state index in [-0.39, 0.29) is 0 Å². The maximum atomic E-state index is 5.46. The molecule has 4 heteroatoms. The largest absolute Gasteiger partial charge is 0.494 e. The molecule has 0 fully saturated rings. The Morgan fingerprint density at radius 2 is 1.62 bits per heavy atom. The Balaban J connectivity index is 1.84. The van der Waals surface area contributed by atoms with E-state index in [0.717, 1.165) is 34.3 Å². The van der Waals surface area contributed by atoms with Crippen LogP contribution >= 0.6 is 0 Å². The standard InChI is InChI=1S/C20H21N3O/c1-4-24-18-11-9-17(10-12-18)23-20-13-19(21-15(3)22-20)16-7-5-14(2)6-8-16/h5-13H,4H2,1-3H3,(H,21,22,23). The van der Waals surface area contributed by atoms with E-state index in [0.29, 0.717) is 6.61 Å². The number of aryl methyl sites for hydroxylation is 2. The molecule has 3 aromatic rings. The van der Waals surface area contributed by atoms with Crippen LogP contribution in [-0.4, -0.2) is 16.6 Å². The summed E-state index contributed by atoms with van der Waals surface area (Å²) in [6, 6.07) is 18.2. The van der Waals surface area contributed by atoms with E-state index in [9.17, 15) is 0 Å². The van der Waals surface area contributed by atoms with Gasteiger partial charge >= 0.3 is 0 Å². The Kier molecular flexibility index (Phi) is 4.75. The summed E-state index contributed by atoms with van der Waals surface area (Å²) < 4.78 is 5.46. The van der Waals surface area contributed by atoms with Crippen LogP contribution in [0, 0.1) is 13.8 Å². The lowest BCUT2D eigenvalue weighted by atomic mass is 10.1. The molecular weight excluding hydrogens is 298 g/mol. The highest BCUT2D eigenvalue weighted by Gasteiger charge is 2.05. The van der Waals surface area contributed by atoms with Gasteiger partial charge in [0.15, 0.2) is 0 Å². The molecule has 0 saturated heterocycles. The van der Waals surface area contributed by atoms with Gasteiger partial charge < -0.3 is 10.1 Å². The van der Waals surface area contributed by atoms with Crippen LogP contribution < -0.4 is 10.1 Å². The molecule has 122 valence electrons. The van der Waals surface area contributed by atoms with Gasteiger partial charge in [-0.05, 0) is 45.0 Å². The van der Waals surface area contributed by atoms with Gasteiger partial charge in [0.2, 0.25) is 0 Å². The topological polar surface area (TPSA) is 47.0 Å². The summed E-state index contributed by atoms with van der Waals surface area (Å²) in [5.41, 5.74) is 4.19. The van der Waals surface area contributed by atoms with Gasteiger partial charge in [-0.1, -0.05) is 29.8 Å². The molecular formula is C20H21N3O. The molecule has 0 saturated carbocycles. The van der Waals surface area contributed by atoms with Crippen LogP contribution in [0.5, 0.6) is 5.75 Å². The summed E-state index contributed by atoms with van der Waals surface area (Å²) in [5, 5.41) is 3.33. The average Bonchev–Trinajstić information content (AvgIpc) is 2.57. The Morgan fingerprint density at radius 1 is 0.917 bits per heavy atom. The van der Waals surface area contributed by atoms with Crippen LogP contribution in [0.2, 0.25) is 0 Å². The molecule has 0 radical (unpaired) electrons. The fourth-order valence-electron chi connectivity index (χ4n) is 2.45. The van der Waals surface area contributed by atoms with Crippen molar-refractivity contribution in [3.63, 3.8) is 0 Å². The van der Waals surface area contributed by atoms with Crippen molar-refractivity contribution in [3.05, 3.63) is 66.0 Å². The number of nitrogens with zero attached hydrogens (tertiary/aromatic N) is 2. The number of ether oxygens (including phenoxy) is 1. The van der Waals surface area contributed by atoms with Crippen molar-refractivity contribution in [2.75, 3.05) is 11.9 Å². The van der Waals surface area contributed by atoms with E-state index in [4.69, 9.17) is 4.74 Å². The summed E-state index contributed by atoms with van der Waals surface area (Å²) in [5.74, 6) is 2.38. The Morgan fingerprint density at radius 3 is 2.29 bits per heavy atom.